The van der Waals surface area contributed by atoms with Crippen LogP contribution in [0.4, 0.5) is 0 Å². The number of rotatable bonds is 4. The zero-order chi connectivity index (χ0) is 13.8. The highest BCUT2D eigenvalue weighted by Gasteiger charge is 2.19. The molecule has 2 aromatic carbocycles. The summed E-state index contributed by atoms with van der Waals surface area (Å²) in [6.45, 7) is 1.73. The standard InChI is InChI=1S/C16H14O3/c1-2-14(17)13-10-6-9-12(15(13)16(18)19)11-7-4-3-5-8-11/h3-10H,2H2,1H3,(H,18,19). The fourth-order valence-corrected chi connectivity index (χ4v) is 2.06. The fourth-order valence-electron chi connectivity index (χ4n) is 2.06. The lowest BCUT2D eigenvalue weighted by molar-refractivity contribution is 0.0693. The molecule has 0 saturated carbocycles. The molecule has 96 valence electrons. The van der Waals surface area contributed by atoms with Crippen molar-refractivity contribution in [2.24, 2.45) is 0 Å². The van der Waals surface area contributed by atoms with E-state index in [1.807, 2.05) is 30.3 Å². The molecule has 0 unspecified atom stereocenters. The predicted octanol–water partition coefficient (Wildman–Crippen LogP) is 3.64. The van der Waals surface area contributed by atoms with E-state index >= 15 is 0 Å². The van der Waals surface area contributed by atoms with Crippen molar-refractivity contribution < 1.29 is 14.7 Å². The Morgan fingerprint density at radius 3 is 2.26 bits per heavy atom. The fraction of sp³-hybridized carbons (Fsp3) is 0.125. The topological polar surface area (TPSA) is 54.4 Å². The molecule has 3 heteroatoms. The smallest absolute Gasteiger partial charge is 0.337 e. The quantitative estimate of drug-likeness (QED) is 0.847. The molecule has 0 aromatic heterocycles. The minimum atomic E-state index is -1.07. The number of benzene rings is 2. The molecule has 0 aliphatic rings. The van der Waals surface area contributed by atoms with Crippen LogP contribution in [0.2, 0.25) is 0 Å². The molecule has 2 aromatic rings. The molecule has 0 bridgehead atoms. The van der Waals surface area contributed by atoms with Gasteiger partial charge >= 0.3 is 5.97 Å². The molecular weight excluding hydrogens is 240 g/mol. The largest absolute Gasteiger partial charge is 0.478 e. The number of carbonyl (C=O) groups excluding carboxylic acids is 1. The number of hydrogen-bond donors (Lipinski definition) is 1. The second kappa shape index (κ2) is 5.48. The van der Waals surface area contributed by atoms with Crippen LogP contribution >= 0.6 is 0 Å². The Morgan fingerprint density at radius 1 is 1.00 bits per heavy atom. The van der Waals surface area contributed by atoms with Gasteiger partial charge in [0, 0.05) is 12.0 Å². The molecule has 0 atom stereocenters. The van der Waals surface area contributed by atoms with Crippen molar-refractivity contribution in [1.29, 1.82) is 0 Å². The number of hydrogen-bond acceptors (Lipinski definition) is 2. The van der Waals surface area contributed by atoms with Crippen LogP contribution in [0.3, 0.4) is 0 Å². The maximum Gasteiger partial charge on any atom is 0.337 e. The Balaban J connectivity index is 2.69. The lowest BCUT2D eigenvalue weighted by Gasteiger charge is -2.10. The molecule has 2 rings (SSSR count). The predicted molar refractivity (Wildman–Crippen MR) is 73.5 cm³/mol. The Morgan fingerprint density at radius 2 is 1.68 bits per heavy atom. The molecule has 0 aliphatic carbocycles. The number of ketones is 1. The highest BCUT2D eigenvalue weighted by atomic mass is 16.4. The van der Waals surface area contributed by atoms with E-state index in [9.17, 15) is 14.7 Å². The van der Waals surface area contributed by atoms with Gasteiger partial charge in [-0.3, -0.25) is 4.79 Å². The first-order valence-electron chi connectivity index (χ1n) is 6.10. The van der Waals surface area contributed by atoms with Crippen molar-refractivity contribution in [3.8, 4) is 11.1 Å². The van der Waals surface area contributed by atoms with Gasteiger partial charge in [0.15, 0.2) is 5.78 Å². The Hall–Kier alpha value is -2.42. The average molecular weight is 254 g/mol. The Bertz CT molecular complexity index is 615. The van der Waals surface area contributed by atoms with Crippen LogP contribution in [0, 0.1) is 0 Å². The average Bonchev–Trinajstić information content (AvgIpc) is 2.46. The molecule has 1 N–H and O–H groups in total. The van der Waals surface area contributed by atoms with Gasteiger partial charge in [0.05, 0.1) is 5.56 Å². The number of carboxylic acids is 1. The van der Waals surface area contributed by atoms with Crippen LogP contribution in [0.1, 0.15) is 34.1 Å². The molecule has 0 heterocycles. The summed E-state index contributed by atoms with van der Waals surface area (Å²) < 4.78 is 0. The SMILES string of the molecule is CCC(=O)c1cccc(-c2ccccc2)c1C(=O)O. The van der Waals surface area contributed by atoms with Crippen molar-refractivity contribution in [2.45, 2.75) is 13.3 Å². The lowest BCUT2D eigenvalue weighted by Crippen LogP contribution is -2.09. The zero-order valence-corrected chi connectivity index (χ0v) is 10.6. The summed E-state index contributed by atoms with van der Waals surface area (Å²) in [4.78, 5) is 23.3. The zero-order valence-electron chi connectivity index (χ0n) is 10.6. The first-order valence-corrected chi connectivity index (χ1v) is 6.10. The van der Waals surface area contributed by atoms with Gasteiger partial charge in [0.2, 0.25) is 0 Å². The van der Waals surface area contributed by atoms with E-state index in [-0.39, 0.29) is 16.9 Å². The third kappa shape index (κ3) is 2.55. The van der Waals surface area contributed by atoms with E-state index in [1.54, 1.807) is 25.1 Å². The first kappa shape index (κ1) is 13.0. The molecule has 0 spiro atoms. The molecule has 0 aliphatic heterocycles. The summed E-state index contributed by atoms with van der Waals surface area (Å²) in [5.74, 6) is -1.23. The van der Waals surface area contributed by atoms with Crippen molar-refractivity contribution in [1.82, 2.24) is 0 Å². The van der Waals surface area contributed by atoms with Crippen molar-refractivity contribution >= 4 is 11.8 Å². The molecule has 19 heavy (non-hydrogen) atoms. The molecule has 0 saturated heterocycles. The van der Waals surface area contributed by atoms with Crippen LogP contribution in [0.15, 0.2) is 48.5 Å². The van der Waals surface area contributed by atoms with Gasteiger partial charge in [-0.2, -0.15) is 0 Å². The third-order valence-electron chi connectivity index (χ3n) is 2.98. The molecular formula is C16H14O3. The van der Waals surface area contributed by atoms with Crippen molar-refractivity contribution in [3.05, 3.63) is 59.7 Å². The number of aromatic carboxylic acids is 1. The Labute approximate surface area is 111 Å². The summed E-state index contributed by atoms with van der Waals surface area (Å²) in [5, 5.41) is 9.40. The molecule has 0 fully saturated rings. The summed E-state index contributed by atoms with van der Waals surface area (Å²) >= 11 is 0. The van der Waals surface area contributed by atoms with E-state index in [1.165, 1.54) is 0 Å². The molecule has 0 amide bonds. The van der Waals surface area contributed by atoms with E-state index in [2.05, 4.69) is 0 Å². The first-order chi connectivity index (χ1) is 9.15. The van der Waals surface area contributed by atoms with Crippen LogP contribution in [-0.2, 0) is 0 Å². The highest BCUT2D eigenvalue weighted by Crippen LogP contribution is 2.27. The van der Waals surface area contributed by atoms with Gasteiger partial charge in [0.1, 0.15) is 0 Å². The number of Topliss-reactive ketones (excluding diaryl/α,β-unsaturated/α-hetero) is 1. The number of carbonyl (C=O) groups is 2. The minimum absolute atomic E-state index is 0.0838. The van der Waals surface area contributed by atoms with Gasteiger partial charge in [-0.1, -0.05) is 55.5 Å². The van der Waals surface area contributed by atoms with Gasteiger partial charge in [0.25, 0.3) is 0 Å². The van der Waals surface area contributed by atoms with Gasteiger partial charge < -0.3 is 5.11 Å². The van der Waals surface area contributed by atoms with Gasteiger partial charge in [-0.15, -0.1) is 0 Å². The summed E-state index contributed by atoms with van der Waals surface area (Å²) in [6.07, 6.45) is 0.290. The van der Waals surface area contributed by atoms with E-state index < -0.39 is 5.97 Å². The van der Waals surface area contributed by atoms with Crippen LogP contribution in [0.25, 0.3) is 11.1 Å². The van der Waals surface area contributed by atoms with E-state index in [0.29, 0.717) is 12.0 Å². The van der Waals surface area contributed by atoms with E-state index in [4.69, 9.17) is 0 Å². The van der Waals surface area contributed by atoms with Crippen molar-refractivity contribution in [3.63, 3.8) is 0 Å². The van der Waals surface area contributed by atoms with Gasteiger partial charge in [-0.05, 0) is 11.1 Å². The monoisotopic (exact) mass is 254 g/mol. The third-order valence-corrected chi connectivity index (χ3v) is 2.98. The minimum Gasteiger partial charge on any atom is -0.478 e. The molecule has 3 nitrogen and oxygen atoms in total. The summed E-state index contributed by atoms with van der Waals surface area (Å²) in [6, 6.07) is 14.2. The maximum absolute atomic E-state index is 11.9. The normalized spacial score (nSPS) is 10.2. The summed E-state index contributed by atoms with van der Waals surface area (Å²) in [7, 11) is 0. The number of carboxylic acid groups (broad SMARTS) is 1. The maximum atomic E-state index is 11.9. The van der Waals surface area contributed by atoms with E-state index in [0.717, 1.165) is 5.56 Å². The highest BCUT2D eigenvalue weighted by molar-refractivity contribution is 6.09. The van der Waals surface area contributed by atoms with Gasteiger partial charge in [-0.25, -0.2) is 4.79 Å². The van der Waals surface area contributed by atoms with Crippen LogP contribution < -0.4 is 0 Å². The molecule has 0 radical (unpaired) electrons. The Kier molecular flexibility index (Phi) is 3.76. The lowest BCUT2D eigenvalue weighted by atomic mass is 9.93. The second-order valence-electron chi connectivity index (χ2n) is 4.18. The van der Waals surface area contributed by atoms with Crippen molar-refractivity contribution in [2.75, 3.05) is 0 Å². The second-order valence-corrected chi connectivity index (χ2v) is 4.18. The van der Waals surface area contributed by atoms with Crippen LogP contribution in [-0.4, -0.2) is 16.9 Å². The summed E-state index contributed by atoms with van der Waals surface area (Å²) in [5.41, 5.74) is 1.73. The van der Waals surface area contributed by atoms with Crippen LogP contribution in [0.5, 0.6) is 0 Å².